The molecule has 1 N–H and O–H groups in total. The number of hydrogen-bond donors (Lipinski definition) is 1. The summed E-state index contributed by atoms with van der Waals surface area (Å²) in [6.45, 7) is 2.63. The number of alkyl halides is 3. The zero-order valence-corrected chi connectivity index (χ0v) is 9.62. The van der Waals surface area contributed by atoms with E-state index < -0.39 is 11.7 Å². The van der Waals surface area contributed by atoms with Crippen LogP contribution in [0.5, 0.6) is 0 Å². The van der Waals surface area contributed by atoms with Crippen LogP contribution in [0.1, 0.15) is 25.3 Å². The first-order valence-electron chi connectivity index (χ1n) is 5.05. The molecule has 0 aromatic heterocycles. The van der Waals surface area contributed by atoms with Crippen LogP contribution in [-0.2, 0) is 6.18 Å². The fraction of sp³-hybridized carbons (Fsp3) is 0.455. The van der Waals surface area contributed by atoms with Gasteiger partial charge in [-0.2, -0.15) is 13.2 Å². The molecule has 0 unspecified atom stereocenters. The van der Waals surface area contributed by atoms with Gasteiger partial charge >= 0.3 is 6.18 Å². The summed E-state index contributed by atoms with van der Waals surface area (Å²) in [5, 5.41) is 3.20. The average Bonchev–Trinajstić information content (AvgIpc) is 2.19. The van der Waals surface area contributed by atoms with Crippen LogP contribution in [0.2, 0.25) is 5.02 Å². The summed E-state index contributed by atoms with van der Waals surface area (Å²) in [5.41, 5.74) is -0.346. The molecule has 0 atom stereocenters. The lowest BCUT2D eigenvalue weighted by atomic mass is 10.2. The van der Waals surface area contributed by atoms with E-state index in [1.54, 1.807) is 0 Å². The molecule has 0 bridgehead atoms. The highest BCUT2D eigenvalue weighted by molar-refractivity contribution is 6.33. The molecule has 0 aliphatic heterocycles. The minimum Gasteiger partial charge on any atom is -0.384 e. The minimum atomic E-state index is -4.33. The molecule has 0 saturated heterocycles. The van der Waals surface area contributed by atoms with E-state index in [0.717, 1.165) is 25.0 Å². The molecule has 5 heteroatoms. The van der Waals surface area contributed by atoms with Crippen molar-refractivity contribution in [2.45, 2.75) is 25.9 Å². The van der Waals surface area contributed by atoms with Gasteiger partial charge in [-0.25, -0.2) is 0 Å². The maximum atomic E-state index is 12.4. The van der Waals surface area contributed by atoms with Gasteiger partial charge in [-0.05, 0) is 24.6 Å². The Morgan fingerprint density at radius 1 is 1.31 bits per heavy atom. The van der Waals surface area contributed by atoms with Gasteiger partial charge in [0.1, 0.15) is 0 Å². The van der Waals surface area contributed by atoms with E-state index in [1.807, 2.05) is 6.92 Å². The molecular formula is C11H13ClF3N. The number of anilines is 1. The summed E-state index contributed by atoms with van der Waals surface area (Å²) in [5.74, 6) is 0. The zero-order valence-electron chi connectivity index (χ0n) is 8.87. The van der Waals surface area contributed by atoms with Gasteiger partial charge in [0, 0.05) is 6.54 Å². The van der Waals surface area contributed by atoms with Crippen LogP contribution in [0, 0.1) is 0 Å². The molecule has 0 aliphatic carbocycles. The maximum absolute atomic E-state index is 12.4. The van der Waals surface area contributed by atoms with Crippen LogP contribution in [0.4, 0.5) is 18.9 Å². The molecule has 16 heavy (non-hydrogen) atoms. The number of rotatable bonds is 4. The smallest absolute Gasteiger partial charge is 0.384 e. The lowest BCUT2D eigenvalue weighted by Crippen LogP contribution is -2.07. The number of benzene rings is 1. The molecule has 1 nitrogen and oxygen atoms in total. The van der Waals surface area contributed by atoms with E-state index in [0.29, 0.717) is 17.3 Å². The summed E-state index contributed by atoms with van der Waals surface area (Å²) in [6.07, 6.45) is -2.46. The highest BCUT2D eigenvalue weighted by Crippen LogP contribution is 2.33. The highest BCUT2D eigenvalue weighted by Gasteiger charge is 2.30. The van der Waals surface area contributed by atoms with E-state index >= 15 is 0 Å². The summed E-state index contributed by atoms with van der Waals surface area (Å²) in [4.78, 5) is 0. The van der Waals surface area contributed by atoms with Crippen molar-refractivity contribution in [2.24, 2.45) is 0 Å². The third-order valence-electron chi connectivity index (χ3n) is 2.14. The number of unbranched alkanes of at least 4 members (excludes halogenated alkanes) is 1. The molecule has 90 valence electrons. The minimum absolute atomic E-state index is 0.309. The first-order valence-corrected chi connectivity index (χ1v) is 5.43. The van der Waals surface area contributed by atoms with E-state index in [1.165, 1.54) is 6.07 Å². The maximum Gasteiger partial charge on any atom is 0.416 e. The third kappa shape index (κ3) is 3.59. The molecular weight excluding hydrogens is 239 g/mol. The summed E-state index contributed by atoms with van der Waals surface area (Å²) in [6, 6.07) is 3.28. The van der Waals surface area contributed by atoms with Crippen molar-refractivity contribution in [3.05, 3.63) is 28.8 Å². The number of hydrogen-bond acceptors (Lipinski definition) is 1. The topological polar surface area (TPSA) is 12.0 Å². The summed E-state index contributed by atoms with van der Waals surface area (Å²) in [7, 11) is 0. The quantitative estimate of drug-likeness (QED) is 0.773. The van der Waals surface area contributed by atoms with Gasteiger partial charge < -0.3 is 5.32 Å². The van der Waals surface area contributed by atoms with Gasteiger partial charge in [0.2, 0.25) is 0 Å². The second kappa shape index (κ2) is 5.43. The van der Waals surface area contributed by atoms with Crippen molar-refractivity contribution < 1.29 is 13.2 Å². The Labute approximate surface area is 97.6 Å². The second-order valence-electron chi connectivity index (χ2n) is 3.47. The summed E-state index contributed by atoms with van der Waals surface area (Å²) < 4.78 is 37.3. The molecule has 0 amide bonds. The van der Waals surface area contributed by atoms with Crippen LogP contribution in [-0.4, -0.2) is 6.54 Å². The second-order valence-corrected chi connectivity index (χ2v) is 3.88. The lowest BCUT2D eigenvalue weighted by Gasteiger charge is -2.12. The molecule has 0 radical (unpaired) electrons. The number of halogens is 4. The van der Waals surface area contributed by atoms with E-state index in [9.17, 15) is 13.2 Å². The van der Waals surface area contributed by atoms with Crippen molar-refractivity contribution in [2.75, 3.05) is 11.9 Å². The SMILES string of the molecule is CCCCNc1cc(C(F)(F)F)ccc1Cl. The standard InChI is InChI=1S/C11H13ClF3N/c1-2-3-6-16-10-7-8(11(13,14)15)4-5-9(10)12/h4-5,7,16H,2-3,6H2,1H3. The first kappa shape index (κ1) is 13.2. The fourth-order valence-electron chi connectivity index (χ4n) is 1.24. The molecule has 1 aromatic rings. The Morgan fingerprint density at radius 3 is 2.56 bits per heavy atom. The van der Waals surface area contributed by atoms with Crippen molar-refractivity contribution in [3.63, 3.8) is 0 Å². The number of nitrogens with one attached hydrogen (secondary N) is 1. The van der Waals surface area contributed by atoms with Gasteiger partial charge in [0.05, 0.1) is 16.3 Å². The molecule has 0 spiro atoms. The summed E-state index contributed by atoms with van der Waals surface area (Å²) >= 11 is 5.80. The van der Waals surface area contributed by atoms with E-state index in [2.05, 4.69) is 5.32 Å². The molecule has 0 heterocycles. The van der Waals surface area contributed by atoms with Gasteiger partial charge in [-0.15, -0.1) is 0 Å². The van der Waals surface area contributed by atoms with Crippen LogP contribution in [0.25, 0.3) is 0 Å². The molecule has 0 aliphatic rings. The van der Waals surface area contributed by atoms with Crippen molar-refractivity contribution in [1.29, 1.82) is 0 Å². The Morgan fingerprint density at radius 2 is 2.00 bits per heavy atom. The normalized spacial score (nSPS) is 11.6. The predicted molar refractivity (Wildman–Crippen MR) is 59.9 cm³/mol. The van der Waals surface area contributed by atoms with Crippen molar-refractivity contribution >= 4 is 17.3 Å². The van der Waals surface area contributed by atoms with Crippen molar-refractivity contribution in [3.8, 4) is 0 Å². The molecule has 1 rings (SSSR count). The van der Waals surface area contributed by atoms with Crippen molar-refractivity contribution in [1.82, 2.24) is 0 Å². The molecule has 0 fully saturated rings. The Balaban J connectivity index is 2.83. The fourth-order valence-corrected chi connectivity index (χ4v) is 1.42. The van der Waals surface area contributed by atoms with Crippen LogP contribution in [0.3, 0.4) is 0 Å². The Hall–Kier alpha value is -0.900. The van der Waals surface area contributed by atoms with Gasteiger partial charge in [-0.1, -0.05) is 24.9 Å². The Kier molecular flexibility index (Phi) is 4.47. The highest BCUT2D eigenvalue weighted by atomic mass is 35.5. The van der Waals surface area contributed by atoms with Gasteiger partial charge in [-0.3, -0.25) is 0 Å². The lowest BCUT2D eigenvalue weighted by molar-refractivity contribution is -0.137. The predicted octanol–water partition coefficient (Wildman–Crippen LogP) is 4.57. The third-order valence-corrected chi connectivity index (χ3v) is 2.47. The average molecular weight is 252 g/mol. The Bertz CT molecular complexity index is 350. The van der Waals surface area contributed by atoms with Gasteiger partial charge in [0.15, 0.2) is 0 Å². The molecule has 1 aromatic carbocycles. The largest absolute Gasteiger partial charge is 0.416 e. The van der Waals surface area contributed by atoms with Crippen LogP contribution < -0.4 is 5.32 Å². The first-order chi connectivity index (χ1) is 7.45. The van der Waals surface area contributed by atoms with E-state index in [4.69, 9.17) is 11.6 Å². The van der Waals surface area contributed by atoms with Crippen LogP contribution >= 0.6 is 11.6 Å². The van der Waals surface area contributed by atoms with Crippen LogP contribution in [0.15, 0.2) is 18.2 Å². The monoisotopic (exact) mass is 251 g/mol. The van der Waals surface area contributed by atoms with Gasteiger partial charge in [0.25, 0.3) is 0 Å². The molecule has 0 saturated carbocycles. The van der Waals surface area contributed by atoms with E-state index in [-0.39, 0.29) is 0 Å². The zero-order chi connectivity index (χ0) is 12.2.